The van der Waals surface area contributed by atoms with Crippen molar-refractivity contribution >= 4 is 39.0 Å². The first-order chi connectivity index (χ1) is 12.5. The molecule has 0 saturated heterocycles. The molecule has 0 fully saturated rings. The Morgan fingerprint density at radius 1 is 1.19 bits per heavy atom. The number of nitrogens with one attached hydrogen (secondary N) is 1. The highest BCUT2D eigenvalue weighted by Crippen LogP contribution is 2.33. The Morgan fingerprint density at radius 2 is 2.00 bits per heavy atom. The van der Waals surface area contributed by atoms with E-state index in [9.17, 15) is 8.42 Å². The molecule has 0 bridgehead atoms. The zero-order valence-corrected chi connectivity index (χ0v) is 16.6. The van der Waals surface area contributed by atoms with Crippen molar-refractivity contribution < 1.29 is 8.42 Å². The maximum absolute atomic E-state index is 13.1. The van der Waals surface area contributed by atoms with Gasteiger partial charge in [-0.15, -0.1) is 12.4 Å². The Bertz CT molecular complexity index is 1100. The molecule has 3 aromatic rings. The Morgan fingerprint density at radius 3 is 2.81 bits per heavy atom. The summed E-state index contributed by atoms with van der Waals surface area (Å²) in [4.78, 5) is 4.61. The molecule has 7 heteroatoms. The molecule has 1 aliphatic rings. The zero-order chi connectivity index (χ0) is 18.3. The van der Waals surface area contributed by atoms with Gasteiger partial charge in [0.15, 0.2) is 0 Å². The molecule has 1 unspecified atom stereocenters. The van der Waals surface area contributed by atoms with Crippen molar-refractivity contribution in [3.8, 4) is 0 Å². The first-order valence-corrected chi connectivity index (χ1v) is 10.2. The summed E-state index contributed by atoms with van der Waals surface area (Å²) in [6.07, 6.45) is 4.31. The number of pyridine rings is 1. The molecule has 5 nitrogen and oxygen atoms in total. The summed E-state index contributed by atoms with van der Waals surface area (Å²) in [6.45, 7) is 1.93. The lowest BCUT2D eigenvalue weighted by atomic mass is 9.88. The monoisotopic (exact) mass is 403 g/mol. The van der Waals surface area contributed by atoms with Gasteiger partial charge in [-0.2, -0.15) is 0 Å². The van der Waals surface area contributed by atoms with Crippen LogP contribution < -0.4 is 10.5 Å². The van der Waals surface area contributed by atoms with Gasteiger partial charge in [0.2, 0.25) is 10.0 Å². The van der Waals surface area contributed by atoms with Crippen LogP contribution >= 0.6 is 12.4 Å². The molecule has 1 atom stereocenters. The van der Waals surface area contributed by atoms with Crippen LogP contribution in [0.5, 0.6) is 0 Å². The summed E-state index contributed by atoms with van der Waals surface area (Å²) in [5, 5.41) is 0.647. The molecule has 0 spiro atoms. The SMILES string of the molecule is Cc1ccc(S(=O)(=O)NC2CCCc3cc(N)ccc32)c2cccnc12.Cl. The third-order valence-corrected chi connectivity index (χ3v) is 6.53. The van der Waals surface area contributed by atoms with E-state index < -0.39 is 10.0 Å². The van der Waals surface area contributed by atoms with Crippen LogP contribution in [0.25, 0.3) is 10.9 Å². The Labute approximate surface area is 165 Å². The van der Waals surface area contributed by atoms with Crippen molar-refractivity contribution in [2.45, 2.75) is 37.1 Å². The number of aryl methyl sites for hydroxylation is 2. The molecule has 0 amide bonds. The van der Waals surface area contributed by atoms with Gasteiger partial charge in [-0.1, -0.05) is 12.1 Å². The third-order valence-electron chi connectivity index (χ3n) is 5.00. The number of hydrogen-bond donors (Lipinski definition) is 2. The second-order valence-electron chi connectivity index (χ2n) is 6.80. The fourth-order valence-corrected chi connectivity index (χ4v) is 5.18. The molecule has 0 aliphatic heterocycles. The van der Waals surface area contributed by atoms with E-state index in [0.29, 0.717) is 16.6 Å². The van der Waals surface area contributed by atoms with Gasteiger partial charge in [0, 0.05) is 23.3 Å². The number of nitrogens with two attached hydrogens (primary N) is 1. The molecule has 142 valence electrons. The summed E-state index contributed by atoms with van der Waals surface area (Å²) < 4.78 is 29.2. The average molecular weight is 404 g/mol. The van der Waals surface area contributed by atoms with Crippen LogP contribution in [-0.4, -0.2) is 13.4 Å². The molecular formula is C20H22ClN3O2S. The number of halogens is 1. The standard InChI is InChI=1S/C20H21N3O2S.ClH/c1-13-7-10-19(17-5-3-11-22-20(13)17)26(24,25)23-18-6-2-4-14-12-15(21)8-9-16(14)18;/h3,5,7-12,18,23H,2,4,6,21H2,1H3;1H. The lowest BCUT2D eigenvalue weighted by Gasteiger charge is -2.26. The fourth-order valence-electron chi connectivity index (χ4n) is 3.73. The van der Waals surface area contributed by atoms with Crippen LogP contribution in [0.2, 0.25) is 0 Å². The molecule has 1 aromatic heterocycles. The molecule has 3 N–H and O–H groups in total. The summed E-state index contributed by atoms with van der Waals surface area (Å²) in [6, 6.07) is 12.5. The molecule has 0 radical (unpaired) electrons. The first-order valence-electron chi connectivity index (χ1n) is 8.71. The second kappa shape index (κ2) is 7.46. The average Bonchev–Trinajstić information content (AvgIpc) is 2.61. The van der Waals surface area contributed by atoms with Crippen molar-refractivity contribution in [3.05, 3.63) is 65.4 Å². The molecule has 27 heavy (non-hydrogen) atoms. The number of sulfonamides is 1. The topological polar surface area (TPSA) is 85.1 Å². The van der Waals surface area contributed by atoms with E-state index in [2.05, 4.69) is 9.71 Å². The van der Waals surface area contributed by atoms with Crippen molar-refractivity contribution in [1.82, 2.24) is 9.71 Å². The number of rotatable bonds is 3. The number of nitrogens with zero attached hydrogens (tertiary/aromatic N) is 1. The Balaban J connectivity index is 0.00000210. The fraction of sp³-hybridized carbons (Fsp3) is 0.250. The van der Waals surface area contributed by atoms with E-state index in [1.807, 2.05) is 25.1 Å². The van der Waals surface area contributed by atoms with Crippen LogP contribution in [-0.2, 0) is 16.4 Å². The van der Waals surface area contributed by atoms with Crippen molar-refractivity contribution in [3.63, 3.8) is 0 Å². The summed E-state index contributed by atoms with van der Waals surface area (Å²) in [5.74, 6) is 0. The maximum atomic E-state index is 13.1. The molecule has 0 saturated carbocycles. The number of fused-ring (bicyclic) bond motifs is 2. The van der Waals surface area contributed by atoms with Gasteiger partial charge < -0.3 is 5.73 Å². The highest BCUT2D eigenvalue weighted by Gasteiger charge is 2.27. The van der Waals surface area contributed by atoms with Crippen LogP contribution in [0.4, 0.5) is 5.69 Å². The lowest BCUT2D eigenvalue weighted by Crippen LogP contribution is -2.31. The minimum absolute atomic E-state index is 0. The predicted molar refractivity (Wildman–Crippen MR) is 111 cm³/mol. The van der Waals surface area contributed by atoms with Gasteiger partial charge in [0.25, 0.3) is 0 Å². The normalized spacial score (nSPS) is 16.6. The number of anilines is 1. The quantitative estimate of drug-likeness (QED) is 0.649. The largest absolute Gasteiger partial charge is 0.399 e. The van der Waals surface area contributed by atoms with E-state index in [1.165, 1.54) is 0 Å². The van der Waals surface area contributed by atoms with Gasteiger partial charge in [-0.05, 0) is 73.2 Å². The van der Waals surface area contributed by atoms with E-state index >= 15 is 0 Å². The van der Waals surface area contributed by atoms with Crippen LogP contribution in [0.3, 0.4) is 0 Å². The smallest absolute Gasteiger partial charge is 0.241 e. The summed E-state index contributed by atoms with van der Waals surface area (Å²) in [7, 11) is -3.68. The van der Waals surface area contributed by atoms with Crippen molar-refractivity contribution in [2.24, 2.45) is 0 Å². The van der Waals surface area contributed by atoms with Crippen LogP contribution in [0.15, 0.2) is 53.6 Å². The molecule has 2 aromatic carbocycles. The number of benzene rings is 2. The van der Waals surface area contributed by atoms with E-state index in [-0.39, 0.29) is 23.3 Å². The summed E-state index contributed by atoms with van der Waals surface area (Å²) in [5.41, 5.74) is 10.4. The minimum Gasteiger partial charge on any atom is -0.399 e. The highest BCUT2D eigenvalue weighted by atomic mass is 35.5. The highest BCUT2D eigenvalue weighted by molar-refractivity contribution is 7.89. The van der Waals surface area contributed by atoms with Crippen LogP contribution in [0, 0.1) is 6.92 Å². The van der Waals surface area contributed by atoms with Gasteiger partial charge in [0.05, 0.1) is 10.4 Å². The minimum atomic E-state index is -3.68. The second-order valence-corrected chi connectivity index (χ2v) is 8.49. The van der Waals surface area contributed by atoms with Crippen molar-refractivity contribution in [2.75, 3.05) is 5.73 Å². The van der Waals surface area contributed by atoms with Gasteiger partial charge in [-0.25, -0.2) is 13.1 Å². The van der Waals surface area contributed by atoms with E-state index in [4.69, 9.17) is 5.73 Å². The van der Waals surface area contributed by atoms with E-state index in [1.54, 1.807) is 30.5 Å². The Hall–Kier alpha value is -2.15. The van der Waals surface area contributed by atoms with Crippen LogP contribution in [0.1, 0.15) is 35.6 Å². The van der Waals surface area contributed by atoms with Gasteiger partial charge in [0.1, 0.15) is 0 Å². The zero-order valence-electron chi connectivity index (χ0n) is 15.0. The third kappa shape index (κ3) is 3.65. The van der Waals surface area contributed by atoms with Crippen molar-refractivity contribution in [1.29, 1.82) is 0 Å². The lowest BCUT2D eigenvalue weighted by molar-refractivity contribution is 0.508. The van der Waals surface area contributed by atoms with Gasteiger partial charge in [-0.3, -0.25) is 4.98 Å². The molecular weight excluding hydrogens is 382 g/mol. The molecule has 4 rings (SSSR count). The first kappa shape index (κ1) is 19.6. The van der Waals surface area contributed by atoms with Gasteiger partial charge >= 0.3 is 0 Å². The summed E-state index contributed by atoms with van der Waals surface area (Å²) >= 11 is 0. The number of hydrogen-bond acceptors (Lipinski definition) is 4. The predicted octanol–water partition coefficient (Wildman–Crippen LogP) is 3.90. The number of aromatic nitrogens is 1. The van der Waals surface area contributed by atoms with E-state index in [0.717, 1.165) is 36.0 Å². The number of nitrogen functional groups attached to an aromatic ring is 1. The molecule has 1 heterocycles. The molecule has 1 aliphatic carbocycles. The Kier molecular flexibility index (Phi) is 5.42. The maximum Gasteiger partial charge on any atom is 0.241 e.